The molecule has 24 heavy (non-hydrogen) atoms. The van der Waals surface area contributed by atoms with Crippen LogP contribution in [0.5, 0.6) is 5.75 Å². The maximum absolute atomic E-state index is 12.0. The molecule has 1 aromatic carbocycles. The van der Waals surface area contributed by atoms with Crippen molar-refractivity contribution >= 4 is 34.8 Å². The Bertz CT molecular complexity index is 614. The molecule has 1 amide bonds. The lowest BCUT2D eigenvalue weighted by Gasteiger charge is -2.25. The molecule has 1 saturated heterocycles. The molecule has 7 heteroatoms. The number of amides is 1. The molecule has 1 heterocycles. The number of phenolic OH excluding ortho intramolecular Hbond substituents is 1. The normalized spacial score (nSPS) is 16.2. The van der Waals surface area contributed by atoms with Gasteiger partial charge in [-0.2, -0.15) is 5.10 Å². The number of hydrogen-bond donors (Lipinski definition) is 2. The van der Waals surface area contributed by atoms with Gasteiger partial charge in [0.05, 0.1) is 10.7 Å². The second kappa shape index (κ2) is 9.25. The highest BCUT2D eigenvalue weighted by Crippen LogP contribution is 2.32. The van der Waals surface area contributed by atoms with Crippen LogP contribution in [-0.2, 0) is 4.79 Å². The maximum atomic E-state index is 12.0. The van der Waals surface area contributed by atoms with Crippen molar-refractivity contribution in [1.82, 2.24) is 10.3 Å². The molecule has 5 nitrogen and oxygen atoms in total. The van der Waals surface area contributed by atoms with Crippen molar-refractivity contribution < 1.29 is 9.90 Å². The van der Waals surface area contributed by atoms with Crippen LogP contribution in [-0.4, -0.2) is 41.3 Å². The number of hydrazone groups is 1. The minimum atomic E-state index is -0.140. The molecule has 0 unspecified atom stereocenters. The first kappa shape index (κ1) is 19.0. The van der Waals surface area contributed by atoms with E-state index in [1.807, 2.05) is 6.92 Å². The first-order chi connectivity index (χ1) is 11.5. The van der Waals surface area contributed by atoms with E-state index in [0.29, 0.717) is 29.1 Å². The highest BCUT2D eigenvalue weighted by atomic mass is 35.5. The molecule has 0 aliphatic carbocycles. The average molecular weight is 372 g/mol. The van der Waals surface area contributed by atoms with E-state index < -0.39 is 0 Å². The molecule has 132 valence electrons. The Labute approximate surface area is 152 Å². The summed E-state index contributed by atoms with van der Waals surface area (Å²) in [6, 6.07) is 3.05. The van der Waals surface area contributed by atoms with Crippen molar-refractivity contribution in [2.24, 2.45) is 5.10 Å². The van der Waals surface area contributed by atoms with Crippen LogP contribution in [0.25, 0.3) is 0 Å². The summed E-state index contributed by atoms with van der Waals surface area (Å²) in [5.74, 6) is -0.219. The topological polar surface area (TPSA) is 64.9 Å². The summed E-state index contributed by atoms with van der Waals surface area (Å²) < 4.78 is 0. The highest BCUT2D eigenvalue weighted by Gasteiger charge is 2.14. The summed E-state index contributed by atoms with van der Waals surface area (Å²) >= 11 is 11.9. The summed E-state index contributed by atoms with van der Waals surface area (Å²) in [5.41, 5.74) is 3.53. The molecule has 2 N–H and O–H groups in total. The van der Waals surface area contributed by atoms with Gasteiger partial charge < -0.3 is 10.0 Å². The first-order valence-electron chi connectivity index (χ1n) is 8.27. The molecular weight excluding hydrogens is 349 g/mol. The number of piperidine rings is 1. The Hall–Kier alpha value is -1.30. The van der Waals surface area contributed by atoms with Crippen molar-refractivity contribution in [3.63, 3.8) is 0 Å². The number of carbonyl (C=O) groups excluding carboxylic acids is 1. The molecule has 0 bridgehead atoms. The van der Waals surface area contributed by atoms with Gasteiger partial charge in [0.2, 0.25) is 5.91 Å². The summed E-state index contributed by atoms with van der Waals surface area (Å²) in [6.07, 6.45) is 4.61. The first-order valence-corrected chi connectivity index (χ1v) is 9.03. The fourth-order valence-corrected chi connectivity index (χ4v) is 3.24. The lowest BCUT2D eigenvalue weighted by atomic mass is 10.1. The van der Waals surface area contributed by atoms with Crippen molar-refractivity contribution in [2.45, 2.75) is 39.0 Å². The Morgan fingerprint density at radius 1 is 1.29 bits per heavy atom. The van der Waals surface area contributed by atoms with E-state index in [9.17, 15) is 9.90 Å². The number of likely N-dealkylation sites (tertiary alicyclic amines) is 1. The Balaban J connectivity index is 1.96. The molecule has 0 atom stereocenters. The van der Waals surface area contributed by atoms with Gasteiger partial charge >= 0.3 is 0 Å². The molecule has 0 spiro atoms. The molecule has 0 radical (unpaired) electrons. The Kier molecular flexibility index (Phi) is 7.34. The lowest BCUT2D eigenvalue weighted by Crippen LogP contribution is -2.33. The van der Waals surface area contributed by atoms with Gasteiger partial charge in [-0.1, -0.05) is 36.5 Å². The fraction of sp³-hybridized carbons (Fsp3) is 0.529. The predicted molar refractivity (Wildman–Crippen MR) is 98.0 cm³/mol. The predicted octanol–water partition coefficient (Wildman–Crippen LogP) is 3.81. The third-order valence-electron chi connectivity index (χ3n) is 4.09. The van der Waals surface area contributed by atoms with Crippen LogP contribution in [0.2, 0.25) is 10.0 Å². The number of hydrogen-bond acceptors (Lipinski definition) is 4. The van der Waals surface area contributed by atoms with Crippen LogP contribution in [0.3, 0.4) is 0 Å². The monoisotopic (exact) mass is 371 g/mol. The van der Waals surface area contributed by atoms with Gasteiger partial charge in [0.25, 0.3) is 0 Å². The standard InChI is InChI=1S/C17H23Cl2N3O2/c1-2-15(13-10-12(18)11-14(19)17(13)24)20-21-16(23)6-9-22-7-4-3-5-8-22/h10-11,24H,2-9H2,1H3,(H,21,23)/b20-15+. The maximum Gasteiger partial charge on any atom is 0.241 e. The van der Waals surface area contributed by atoms with Gasteiger partial charge in [-0.25, -0.2) is 5.43 Å². The number of rotatable bonds is 6. The number of benzene rings is 1. The molecule has 1 aromatic rings. The van der Waals surface area contributed by atoms with Gasteiger partial charge in [-0.3, -0.25) is 4.79 Å². The molecule has 0 aromatic heterocycles. The van der Waals surface area contributed by atoms with Gasteiger partial charge in [-0.05, 0) is 44.5 Å². The van der Waals surface area contributed by atoms with Gasteiger partial charge in [0.1, 0.15) is 5.75 Å². The van der Waals surface area contributed by atoms with Crippen LogP contribution in [0.4, 0.5) is 0 Å². The SMILES string of the molecule is CC/C(=N\NC(=O)CCN1CCCCC1)c1cc(Cl)cc(Cl)c1O. The summed E-state index contributed by atoms with van der Waals surface area (Å²) in [4.78, 5) is 14.3. The van der Waals surface area contributed by atoms with Gasteiger partial charge in [-0.15, -0.1) is 0 Å². The van der Waals surface area contributed by atoms with Crippen molar-refractivity contribution in [3.05, 3.63) is 27.7 Å². The van der Waals surface area contributed by atoms with E-state index in [1.165, 1.54) is 25.3 Å². The number of carbonyl (C=O) groups is 1. The van der Waals surface area contributed by atoms with Crippen LogP contribution in [0, 0.1) is 0 Å². The van der Waals surface area contributed by atoms with Crippen molar-refractivity contribution in [3.8, 4) is 5.75 Å². The number of halogens is 2. The van der Waals surface area contributed by atoms with Crippen LogP contribution < -0.4 is 5.43 Å². The number of aromatic hydroxyl groups is 1. The van der Waals surface area contributed by atoms with E-state index >= 15 is 0 Å². The Morgan fingerprint density at radius 2 is 2.00 bits per heavy atom. The lowest BCUT2D eigenvalue weighted by molar-refractivity contribution is -0.121. The molecule has 1 fully saturated rings. The molecule has 0 saturated carbocycles. The zero-order valence-electron chi connectivity index (χ0n) is 13.8. The molecular formula is C17H23Cl2N3O2. The van der Waals surface area contributed by atoms with E-state index in [4.69, 9.17) is 23.2 Å². The highest BCUT2D eigenvalue weighted by molar-refractivity contribution is 6.36. The quantitative estimate of drug-likeness (QED) is 0.590. The van der Waals surface area contributed by atoms with E-state index in [-0.39, 0.29) is 16.7 Å². The van der Waals surface area contributed by atoms with E-state index in [0.717, 1.165) is 19.6 Å². The zero-order valence-corrected chi connectivity index (χ0v) is 15.3. The minimum Gasteiger partial charge on any atom is -0.506 e. The number of nitrogens with one attached hydrogen (secondary N) is 1. The zero-order chi connectivity index (χ0) is 17.5. The van der Waals surface area contributed by atoms with Crippen LogP contribution in [0.1, 0.15) is 44.6 Å². The smallest absolute Gasteiger partial charge is 0.241 e. The Morgan fingerprint density at radius 3 is 2.67 bits per heavy atom. The molecule has 1 aliphatic rings. The summed E-state index contributed by atoms with van der Waals surface area (Å²) in [6.45, 7) is 4.75. The fourth-order valence-electron chi connectivity index (χ4n) is 2.74. The van der Waals surface area contributed by atoms with Crippen LogP contribution in [0.15, 0.2) is 17.2 Å². The van der Waals surface area contributed by atoms with Crippen molar-refractivity contribution in [1.29, 1.82) is 0 Å². The second-order valence-electron chi connectivity index (χ2n) is 5.88. The van der Waals surface area contributed by atoms with E-state index in [1.54, 1.807) is 6.07 Å². The van der Waals surface area contributed by atoms with Gasteiger partial charge in [0.15, 0.2) is 0 Å². The number of nitrogens with zero attached hydrogens (tertiary/aromatic N) is 2. The summed E-state index contributed by atoms with van der Waals surface area (Å²) in [7, 11) is 0. The minimum absolute atomic E-state index is 0.0794. The molecule has 2 rings (SSSR count). The van der Waals surface area contributed by atoms with E-state index in [2.05, 4.69) is 15.4 Å². The summed E-state index contributed by atoms with van der Waals surface area (Å²) in [5, 5.41) is 14.8. The third-order valence-corrected chi connectivity index (χ3v) is 4.60. The average Bonchev–Trinajstić information content (AvgIpc) is 2.58. The number of phenols is 1. The van der Waals surface area contributed by atoms with Crippen LogP contribution >= 0.6 is 23.2 Å². The van der Waals surface area contributed by atoms with Crippen molar-refractivity contribution in [2.75, 3.05) is 19.6 Å². The third kappa shape index (κ3) is 5.36. The largest absolute Gasteiger partial charge is 0.506 e. The molecule has 1 aliphatic heterocycles. The van der Waals surface area contributed by atoms with Gasteiger partial charge in [0, 0.05) is 23.6 Å². The second-order valence-corrected chi connectivity index (χ2v) is 6.73.